The number of rotatable bonds is 6. The van der Waals surface area contributed by atoms with Crippen LogP contribution < -0.4 is 19.9 Å². The van der Waals surface area contributed by atoms with Gasteiger partial charge in [0.05, 0.1) is 7.11 Å². The number of para-hydroxylation sites is 1. The number of nitrogens with zero attached hydrogens (tertiary/aromatic N) is 1. The largest absolute Gasteiger partial charge is 0.507 e. The van der Waals surface area contributed by atoms with Crippen LogP contribution in [0.1, 0.15) is 18.6 Å². The third-order valence-corrected chi connectivity index (χ3v) is 12.8. The van der Waals surface area contributed by atoms with Crippen LogP contribution in [-0.2, 0) is 9.09 Å². The summed E-state index contributed by atoms with van der Waals surface area (Å²) < 4.78 is 37.2. The van der Waals surface area contributed by atoms with Crippen molar-refractivity contribution >= 4 is 25.4 Å². The van der Waals surface area contributed by atoms with E-state index in [4.69, 9.17) is 18.3 Å². The lowest BCUT2D eigenvalue weighted by atomic mass is 10.1. The van der Waals surface area contributed by atoms with Crippen LogP contribution in [0, 0.1) is 0 Å². The molecule has 0 amide bonds. The van der Waals surface area contributed by atoms with Gasteiger partial charge in [0.15, 0.2) is 0 Å². The molecule has 0 N–H and O–H groups in total. The predicted molar refractivity (Wildman–Crippen MR) is 142 cm³/mol. The summed E-state index contributed by atoms with van der Waals surface area (Å²) in [4.78, 5) is 0. The molecule has 0 aromatic heterocycles. The smallest absolute Gasteiger partial charge is 0.497 e. The average Bonchev–Trinajstić information content (AvgIpc) is 2.91. The van der Waals surface area contributed by atoms with E-state index in [0.717, 1.165) is 21.9 Å². The summed E-state index contributed by atoms with van der Waals surface area (Å²) in [5.41, 5.74) is 0.809. The number of hydrogen-bond donors (Lipinski definition) is 0. The van der Waals surface area contributed by atoms with Gasteiger partial charge in [0.2, 0.25) is 0 Å². The zero-order valence-corrected chi connectivity index (χ0v) is 21.4. The molecule has 178 valence electrons. The molecule has 4 aromatic carbocycles. The van der Waals surface area contributed by atoms with Gasteiger partial charge in [-0.15, -0.1) is 0 Å². The summed E-state index contributed by atoms with van der Waals surface area (Å²) in [5.74, 6) is 1.21. The van der Waals surface area contributed by atoms with Crippen LogP contribution in [0.25, 0.3) is 0 Å². The van der Waals surface area contributed by atoms with Crippen molar-refractivity contribution in [1.82, 2.24) is 0 Å². The van der Waals surface area contributed by atoms with Crippen LogP contribution in [0.3, 0.4) is 0 Å². The Morgan fingerprint density at radius 1 is 0.714 bits per heavy atom. The molecule has 1 aliphatic rings. The lowest BCUT2D eigenvalue weighted by Crippen LogP contribution is -2.32. The van der Waals surface area contributed by atoms with Gasteiger partial charge in [0.1, 0.15) is 17.6 Å². The summed E-state index contributed by atoms with van der Waals surface area (Å²) in [6, 6.07) is 37.1. The summed E-state index contributed by atoms with van der Waals surface area (Å²) in [5, 5.41) is 2.08. The monoisotopic (exact) mass is 503 g/mol. The highest BCUT2D eigenvalue weighted by Gasteiger charge is 2.49. The zero-order valence-electron chi connectivity index (χ0n) is 19.6. The minimum absolute atomic E-state index is 0.0952. The SMILES string of the molecule is COc1ccc([C@H]2O[P@](=O)(Oc3ccccc3)N=P(c3ccccc3)(c3ccccc3)[C@@H]2C)cc1. The van der Waals surface area contributed by atoms with Crippen molar-refractivity contribution in [3.63, 3.8) is 0 Å². The fraction of sp³-hybridized carbons (Fsp3) is 0.143. The molecule has 7 heteroatoms. The Balaban J connectivity index is 1.76. The second-order valence-corrected chi connectivity index (χ2v) is 13.6. The van der Waals surface area contributed by atoms with Gasteiger partial charge in [-0.2, -0.15) is 4.52 Å². The molecular weight excluding hydrogens is 476 g/mol. The van der Waals surface area contributed by atoms with Crippen molar-refractivity contribution in [2.24, 2.45) is 4.52 Å². The third kappa shape index (κ3) is 4.60. The summed E-state index contributed by atoms with van der Waals surface area (Å²) in [6.07, 6.45) is -0.498. The highest BCUT2D eigenvalue weighted by Crippen LogP contribution is 2.72. The minimum Gasteiger partial charge on any atom is -0.497 e. The van der Waals surface area contributed by atoms with Crippen LogP contribution >= 0.6 is 14.8 Å². The molecule has 1 heterocycles. The van der Waals surface area contributed by atoms with Crippen LogP contribution in [0.15, 0.2) is 120 Å². The van der Waals surface area contributed by atoms with Gasteiger partial charge in [-0.05, 0) is 40.4 Å². The van der Waals surface area contributed by atoms with E-state index >= 15 is 0 Å². The molecule has 0 radical (unpaired) electrons. The number of benzene rings is 4. The minimum atomic E-state index is -3.92. The van der Waals surface area contributed by atoms with Crippen molar-refractivity contribution in [1.29, 1.82) is 0 Å². The molecule has 35 heavy (non-hydrogen) atoms. The Kier molecular flexibility index (Phi) is 6.67. The quantitative estimate of drug-likeness (QED) is 0.261. The van der Waals surface area contributed by atoms with Crippen LogP contribution in [0.4, 0.5) is 0 Å². The molecule has 3 atom stereocenters. The molecule has 0 spiro atoms. The fourth-order valence-electron chi connectivity index (χ4n) is 4.52. The van der Waals surface area contributed by atoms with E-state index in [2.05, 4.69) is 31.2 Å². The van der Waals surface area contributed by atoms with Gasteiger partial charge in [-0.1, -0.05) is 97.9 Å². The van der Waals surface area contributed by atoms with E-state index in [9.17, 15) is 4.57 Å². The van der Waals surface area contributed by atoms with E-state index in [0.29, 0.717) is 5.75 Å². The first-order valence-corrected chi connectivity index (χ1v) is 14.8. The van der Waals surface area contributed by atoms with E-state index in [1.165, 1.54) is 0 Å². The zero-order chi connectivity index (χ0) is 24.3. The molecule has 0 saturated carbocycles. The Morgan fingerprint density at radius 3 is 1.74 bits per heavy atom. The van der Waals surface area contributed by atoms with E-state index in [1.807, 2.05) is 78.9 Å². The Labute approximate surface area is 206 Å². The molecule has 0 aliphatic carbocycles. The first-order valence-electron chi connectivity index (χ1n) is 11.5. The number of hydrogen-bond acceptors (Lipinski definition) is 4. The maximum Gasteiger partial charge on any atom is 0.507 e. The lowest BCUT2D eigenvalue weighted by molar-refractivity contribution is 0.175. The van der Waals surface area contributed by atoms with Gasteiger partial charge >= 0.3 is 7.75 Å². The molecular formula is C28H27NO4P2. The summed E-state index contributed by atoms with van der Waals surface area (Å²) in [6.45, 7) is 2.14. The number of methoxy groups -OCH3 is 1. The average molecular weight is 503 g/mol. The van der Waals surface area contributed by atoms with Crippen LogP contribution in [-0.4, -0.2) is 12.8 Å². The maximum atomic E-state index is 14.4. The van der Waals surface area contributed by atoms with E-state index in [1.54, 1.807) is 19.2 Å². The lowest BCUT2D eigenvalue weighted by Gasteiger charge is -2.41. The van der Waals surface area contributed by atoms with Gasteiger partial charge < -0.3 is 9.26 Å². The van der Waals surface area contributed by atoms with Crippen molar-refractivity contribution < 1.29 is 18.3 Å². The van der Waals surface area contributed by atoms with E-state index < -0.39 is 20.9 Å². The standard InChI is InChI=1S/C28H27NO4P2/c1-22-28(23-18-20-24(31-2)21-19-23)33-35(30,32-25-12-6-3-7-13-25)29-34(22,26-14-8-4-9-15-26)27-16-10-5-11-17-27/h3-22,28H,1-2H3/t22-,28+,35-/m1/s1. The first-order chi connectivity index (χ1) is 17.0. The molecule has 5 rings (SSSR count). The molecule has 0 bridgehead atoms. The van der Waals surface area contributed by atoms with Crippen molar-refractivity contribution in [3.05, 3.63) is 121 Å². The maximum absolute atomic E-state index is 14.4. The highest BCUT2D eigenvalue weighted by molar-refractivity contribution is 7.85. The Bertz CT molecular complexity index is 1330. The fourth-order valence-corrected chi connectivity index (χ4v) is 11.9. The number of ether oxygens (including phenoxy) is 1. The normalized spacial score (nSPS) is 23.1. The summed E-state index contributed by atoms with van der Waals surface area (Å²) in [7, 11) is -4.89. The van der Waals surface area contributed by atoms with Crippen LogP contribution in [0.2, 0.25) is 0 Å². The Morgan fingerprint density at radius 2 is 1.23 bits per heavy atom. The molecule has 4 aromatic rings. The van der Waals surface area contributed by atoms with Gasteiger partial charge in [-0.3, -0.25) is 4.52 Å². The summed E-state index contributed by atoms with van der Waals surface area (Å²) >= 11 is 0. The van der Waals surface area contributed by atoms with Crippen molar-refractivity contribution in [2.45, 2.75) is 18.7 Å². The second-order valence-electron chi connectivity index (χ2n) is 8.36. The van der Waals surface area contributed by atoms with Crippen molar-refractivity contribution in [3.8, 4) is 11.5 Å². The predicted octanol–water partition coefficient (Wildman–Crippen LogP) is 7.19. The molecule has 5 nitrogen and oxygen atoms in total. The third-order valence-electron chi connectivity index (χ3n) is 6.23. The molecule has 0 unspecified atom stereocenters. The van der Waals surface area contributed by atoms with Gasteiger partial charge in [0.25, 0.3) is 0 Å². The molecule has 0 saturated heterocycles. The molecule has 0 fully saturated rings. The molecule has 1 aliphatic heterocycles. The second kappa shape index (κ2) is 9.87. The van der Waals surface area contributed by atoms with E-state index in [-0.39, 0.29) is 5.66 Å². The first kappa shape index (κ1) is 23.6. The Hall–Kier alpha value is -3.10. The highest BCUT2D eigenvalue weighted by atomic mass is 31.2. The van der Waals surface area contributed by atoms with Gasteiger partial charge in [0, 0.05) is 12.7 Å². The van der Waals surface area contributed by atoms with Gasteiger partial charge in [-0.25, -0.2) is 4.57 Å². The topological polar surface area (TPSA) is 57.1 Å². The van der Waals surface area contributed by atoms with Crippen LogP contribution in [0.5, 0.6) is 11.5 Å². The van der Waals surface area contributed by atoms with Crippen molar-refractivity contribution in [2.75, 3.05) is 7.11 Å².